The molecule has 1 aliphatic heterocycles. The molecule has 0 aromatic carbocycles. The minimum Gasteiger partial charge on any atom is -0.480 e. The van der Waals surface area contributed by atoms with Crippen LogP contribution in [0, 0.1) is 5.92 Å². The van der Waals surface area contributed by atoms with E-state index in [2.05, 4.69) is 13.8 Å². The molecule has 122 valence electrons. The van der Waals surface area contributed by atoms with Gasteiger partial charge in [-0.05, 0) is 38.3 Å². The molecule has 0 amide bonds. The smallest absolute Gasteiger partial charge is 0.321 e. The van der Waals surface area contributed by atoms with E-state index >= 15 is 0 Å². The average molecular weight is 299 g/mol. The van der Waals surface area contributed by atoms with Crippen molar-refractivity contribution in [1.29, 1.82) is 0 Å². The summed E-state index contributed by atoms with van der Waals surface area (Å²) in [5, 5.41) is 9.27. The number of hydrogen-bond acceptors (Lipinski definition) is 4. The van der Waals surface area contributed by atoms with Crippen LogP contribution in [0.15, 0.2) is 0 Å². The van der Waals surface area contributed by atoms with Crippen LogP contribution in [-0.4, -0.2) is 47.7 Å². The van der Waals surface area contributed by atoms with Gasteiger partial charge in [-0.2, -0.15) is 0 Å². The molecule has 1 rings (SSSR count). The molecule has 1 aliphatic rings. The summed E-state index contributed by atoms with van der Waals surface area (Å²) in [6, 6.07) is -0.726. The number of nitrogens with zero attached hydrogens (tertiary/aromatic N) is 1. The minimum atomic E-state index is -0.924. The Labute approximate surface area is 127 Å². The van der Waals surface area contributed by atoms with Crippen LogP contribution in [0.4, 0.5) is 0 Å². The van der Waals surface area contributed by atoms with E-state index in [1.165, 1.54) is 0 Å². The van der Waals surface area contributed by atoms with Crippen molar-refractivity contribution in [1.82, 2.24) is 4.90 Å². The van der Waals surface area contributed by atoms with E-state index in [4.69, 9.17) is 4.74 Å². The Morgan fingerprint density at radius 2 is 1.90 bits per heavy atom. The summed E-state index contributed by atoms with van der Waals surface area (Å²) in [6.07, 6.45) is 6.31. The number of carbonyl (C=O) groups excluding carboxylic acids is 1. The lowest BCUT2D eigenvalue weighted by Gasteiger charge is -2.23. The van der Waals surface area contributed by atoms with Crippen molar-refractivity contribution in [3.8, 4) is 0 Å². The first kappa shape index (κ1) is 18.0. The molecule has 5 nitrogen and oxygen atoms in total. The summed E-state index contributed by atoms with van der Waals surface area (Å²) in [7, 11) is 0. The lowest BCUT2D eigenvalue weighted by atomic mass is 10.0. The molecule has 0 aliphatic carbocycles. The second kappa shape index (κ2) is 9.77. The highest BCUT2D eigenvalue weighted by Crippen LogP contribution is 2.16. The van der Waals surface area contributed by atoms with Crippen LogP contribution in [0.3, 0.4) is 0 Å². The van der Waals surface area contributed by atoms with Crippen molar-refractivity contribution in [3.63, 3.8) is 0 Å². The number of carboxylic acids is 1. The molecule has 1 fully saturated rings. The van der Waals surface area contributed by atoms with Gasteiger partial charge in [0.05, 0.1) is 13.0 Å². The number of carbonyl (C=O) groups is 2. The Morgan fingerprint density at radius 1 is 1.24 bits per heavy atom. The Morgan fingerprint density at radius 3 is 2.43 bits per heavy atom. The lowest BCUT2D eigenvalue weighted by Crippen LogP contribution is -2.41. The van der Waals surface area contributed by atoms with Crippen molar-refractivity contribution in [2.45, 2.75) is 64.8 Å². The molecule has 1 N–H and O–H groups in total. The molecule has 0 saturated carbocycles. The minimum absolute atomic E-state index is 0.0421. The SMILES string of the molecule is CCCCC(CC)COC(=O)CC(C(=O)O)N1CCCC1. The zero-order valence-electron chi connectivity index (χ0n) is 13.3. The first-order valence-corrected chi connectivity index (χ1v) is 8.20. The van der Waals surface area contributed by atoms with Gasteiger partial charge in [0.2, 0.25) is 0 Å². The van der Waals surface area contributed by atoms with Gasteiger partial charge in [-0.15, -0.1) is 0 Å². The Hall–Kier alpha value is -1.10. The van der Waals surface area contributed by atoms with Gasteiger partial charge in [-0.3, -0.25) is 14.5 Å². The van der Waals surface area contributed by atoms with Crippen molar-refractivity contribution in [2.24, 2.45) is 5.92 Å². The maximum atomic E-state index is 11.9. The fourth-order valence-corrected chi connectivity index (χ4v) is 2.75. The van der Waals surface area contributed by atoms with Gasteiger partial charge >= 0.3 is 11.9 Å². The predicted molar refractivity (Wildman–Crippen MR) is 81.1 cm³/mol. The van der Waals surface area contributed by atoms with Crippen molar-refractivity contribution < 1.29 is 19.4 Å². The van der Waals surface area contributed by atoms with E-state index in [9.17, 15) is 14.7 Å². The first-order valence-electron chi connectivity index (χ1n) is 8.20. The zero-order valence-corrected chi connectivity index (χ0v) is 13.3. The molecule has 0 aromatic heterocycles. The van der Waals surface area contributed by atoms with E-state index in [0.29, 0.717) is 12.5 Å². The second-order valence-electron chi connectivity index (χ2n) is 5.90. The van der Waals surface area contributed by atoms with Gasteiger partial charge in [0, 0.05) is 0 Å². The van der Waals surface area contributed by atoms with Crippen molar-refractivity contribution >= 4 is 11.9 Å². The molecule has 0 aromatic rings. The summed E-state index contributed by atoms with van der Waals surface area (Å²) < 4.78 is 5.30. The number of unbranched alkanes of at least 4 members (excludes halogenated alkanes) is 1. The van der Waals surface area contributed by atoms with Gasteiger partial charge in [-0.25, -0.2) is 0 Å². The van der Waals surface area contributed by atoms with E-state index in [1.54, 1.807) is 0 Å². The lowest BCUT2D eigenvalue weighted by molar-refractivity contribution is -0.153. The van der Waals surface area contributed by atoms with Crippen molar-refractivity contribution in [2.75, 3.05) is 19.7 Å². The monoisotopic (exact) mass is 299 g/mol. The van der Waals surface area contributed by atoms with E-state index in [0.717, 1.165) is 51.6 Å². The first-order chi connectivity index (χ1) is 10.1. The highest BCUT2D eigenvalue weighted by Gasteiger charge is 2.30. The standard InChI is InChI=1S/C16H29NO4/c1-3-5-8-13(4-2)12-21-15(18)11-14(16(19)20)17-9-6-7-10-17/h13-14H,3-12H2,1-2H3,(H,19,20). The maximum Gasteiger partial charge on any atom is 0.321 e. The number of esters is 1. The van der Waals surface area contributed by atoms with Crippen LogP contribution in [0.2, 0.25) is 0 Å². The molecule has 2 atom stereocenters. The van der Waals surface area contributed by atoms with Crippen LogP contribution in [0.25, 0.3) is 0 Å². The predicted octanol–water partition coefficient (Wildman–Crippen LogP) is 2.69. The Kier molecular flexibility index (Phi) is 8.35. The number of hydrogen-bond donors (Lipinski definition) is 1. The van der Waals surface area contributed by atoms with Gasteiger partial charge < -0.3 is 9.84 Å². The summed E-state index contributed by atoms with van der Waals surface area (Å²) in [6.45, 7) is 6.18. The van der Waals surface area contributed by atoms with Crippen LogP contribution in [-0.2, 0) is 14.3 Å². The summed E-state index contributed by atoms with van der Waals surface area (Å²) in [4.78, 5) is 25.1. The van der Waals surface area contributed by atoms with Crippen LogP contribution in [0.5, 0.6) is 0 Å². The van der Waals surface area contributed by atoms with E-state index < -0.39 is 12.0 Å². The third-order valence-corrected chi connectivity index (χ3v) is 4.25. The summed E-state index contributed by atoms with van der Waals surface area (Å²) >= 11 is 0. The zero-order chi connectivity index (χ0) is 15.7. The Bertz CT molecular complexity index is 326. The average Bonchev–Trinajstić information content (AvgIpc) is 2.98. The van der Waals surface area contributed by atoms with Crippen LogP contribution < -0.4 is 0 Å². The van der Waals surface area contributed by atoms with Crippen LogP contribution in [0.1, 0.15) is 58.8 Å². The number of ether oxygens (including phenoxy) is 1. The van der Waals surface area contributed by atoms with Crippen LogP contribution >= 0.6 is 0 Å². The van der Waals surface area contributed by atoms with Crippen molar-refractivity contribution in [3.05, 3.63) is 0 Å². The fourth-order valence-electron chi connectivity index (χ4n) is 2.75. The molecule has 0 bridgehead atoms. The molecule has 2 unspecified atom stereocenters. The Balaban J connectivity index is 2.37. The molecule has 1 saturated heterocycles. The van der Waals surface area contributed by atoms with E-state index in [-0.39, 0.29) is 12.4 Å². The highest BCUT2D eigenvalue weighted by molar-refractivity contribution is 5.81. The van der Waals surface area contributed by atoms with Gasteiger partial charge in [0.25, 0.3) is 0 Å². The fraction of sp³-hybridized carbons (Fsp3) is 0.875. The topological polar surface area (TPSA) is 66.8 Å². The number of rotatable bonds is 10. The highest BCUT2D eigenvalue weighted by atomic mass is 16.5. The number of likely N-dealkylation sites (tertiary alicyclic amines) is 1. The molecule has 21 heavy (non-hydrogen) atoms. The van der Waals surface area contributed by atoms with Gasteiger partial charge in [-0.1, -0.05) is 33.1 Å². The maximum absolute atomic E-state index is 11.9. The van der Waals surface area contributed by atoms with Gasteiger partial charge in [0.15, 0.2) is 0 Å². The summed E-state index contributed by atoms with van der Waals surface area (Å²) in [5.41, 5.74) is 0. The summed E-state index contributed by atoms with van der Waals surface area (Å²) in [5.74, 6) is -0.917. The third kappa shape index (κ3) is 6.46. The molecule has 0 radical (unpaired) electrons. The molecule has 5 heteroatoms. The third-order valence-electron chi connectivity index (χ3n) is 4.25. The molecule has 0 spiro atoms. The molecule has 1 heterocycles. The molecular weight excluding hydrogens is 270 g/mol. The normalized spacial score (nSPS) is 18.4. The second-order valence-corrected chi connectivity index (χ2v) is 5.90. The largest absolute Gasteiger partial charge is 0.480 e. The quantitative estimate of drug-likeness (QED) is 0.628. The molecular formula is C16H29NO4. The number of carboxylic acid groups (broad SMARTS) is 1. The van der Waals surface area contributed by atoms with E-state index in [1.807, 2.05) is 4.90 Å². The number of aliphatic carboxylic acids is 1. The van der Waals surface area contributed by atoms with Gasteiger partial charge in [0.1, 0.15) is 6.04 Å².